The minimum atomic E-state index is -4.40. The van der Waals surface area contributed by atoms with E-state index in [1.165, 1.54) is 24.2 Å². The van der Waals surface area contributed by atoms with Gasteiger partial charge in [-0.3, -0.25) is 9.48 Å². The van der Waals surface area contributed by atoms with E-state index in [0.29, 0.717) is 5.69 Å². The van der Waals surface area contributed by atoms with Gasteiger partial charge in [0.05, 0.1) is 29.8 Å². The lowest BCUT2D eigenvalue weighted by atomic mass is 10.2. The number of rotatable bonds is 4. The minimum absolute atomic E-state index is 0.125. The summed E-state index contributed by atoms with van der Waals surface area (Å²) in [5.41, 5.74) is 0.808. The molecule has 0 saturated carbocycles. The van der Waals surface area contributed by atoms with Crippen LogP contribution in [0.25, 0.3) is 0 Å². The molecule has 0 aliphatic heterocycles. The number of hydrogen-bond acceptors (Lipinski definition) is 4. The van der Waals surface area contributed by atoms with E-state index in [1.54, 1.807) is 19.9 Å². The Morgan fingerprint density at radius 2 is 2.00 bits per heavy atom. The third-order valence-corrected chi connectivity index (χ3v) is 3.24. The van der Waals surface area contributed by atoms with Crippen molar-refractivity contribution in [1.82, 2.24) is 20.0 Å². The van der Waals surface area contributed by atoms with Crippen LogP contribution in [0.15, 0.2) is 24.7 Å². The summed E-state index contributed by atoms with van der Waals surface area (Å²) in [6.07, 6.45) is -0.372. The molecule has 0 N–H and O–H groups in total. The van der Waals surface area contributed by atoms with E-state index in [-0.39, 0.29) is 17.3 Å². The fourth-order valence-electron chi connectivity index (χ4n) is 2.19. The minimum Gasteiger partial charge on any atom is -0.304 e. The molecule has 2 aromatic heterocycles. The lowest BCUT2D eigenvalue weighted by Crippen LogP contribution is -2.37. The number of hydrogen-bond donors (Lipinski definition) is 0. The first-order chi connectivity index (χ1) is 10.7. The van der Waals surface area contributed by atoms with Crippen LogP contribution in [0.1, 0.15) is 29.9 Å². The van der Waals surface area contributed by atoms with Crippen molar-refractivity contribution < 1.29 is 18.0 Å². The molecule has 0 bridgehead atoms. The highest BCUT2D eigenvalue weighted by atomic mass is 19.4. The predicted octanol–water partition coefficient (Wildman–Crippen LogP) is 2.60. The second-order valence-electron chi connectivity index (χ2n) is 5.29. The predicted molar refractivity (Wildman–Crippen MR) is 77.0 cm³/mol. The van der Waals surface area contributed by atoms with E-state index >= 15 is 0 Å². The van der Waals surface area contributed by atoms with Crippen LogP contribution in [0.5, 0.6) is 0 Å². The summed E-state index contributed by atoms with van der Waals surface area (Å²) in [4.78, 5) is 14.2. The van der Waals surface area contributed by atoms with Crippen molar-refractivity contribution in [2.45, 2.75) is 39.5 Å². The molecule has 2 heterocycles. The molecule has 124 valence electrons. The Balaban J connectivity index is 2.35. The molecule has 0 aromatic carbocycles. The maximum Gasteiger partial charge on any atom is 0.408 e. The summed E-state index contributed by atoms with van der Waals surface area (Å²) in [5.74, 6) is -0.432. The van der Waals surface area contributed by atoms with Crippen LogP contribution in [0, 0.1) is 6.92 Å². The number of aromatic nitrogens is 4. The topological polar surface area (TPSA) is 63.9 Å². The fourth-order valence-corrected chi connectivity index (χ4v) is 2.19. The summed E-state index contributed by atoms with van der Waals surface area (Å²) in [6.45, 7) is 3.81. The van der Waals surface area contributed by atoms with Crippen LogP contribution >= 0.6 is 0 Å². The van der Waals surface area contributed by atoms with Crippen molar-refractivity contribution >= 4 is 11.6 Å². The molecule has 9 heteroatoms. The van der Waals surface area contributed by atoms with Crippen LogP contribution < -0.4 is 4.90 Å². The van der Waals surface area contributed by atoms with Crippen LogP contribution in [0.4, 0.5) is 18.9 Å². The lowest BCUT2D eigenvalue weighted by molar-refractivity contribution is -0.142. The summed E-state index contributed by atoms with van der Waals surface area (Å²) in [6, 6.07) is 1.40. The number of amides is 1. The number of carbonyl (C=O) groups excluding carboxylic acids is 1. The number of anilines is 1. The maximum absolute atomic E-state index is 12.7. The highest BCUT2D eigenvalue weighted by Crippen LogP contribution is 2.22. The van der Waals surface area contributed by atoms with Gasteiger partial charge in [0.15, 0.2) is 0 Å². The van der Waals surface area contributed by atoms with Crippen molar-refractivity contribution in [1.29, 1.82) is 0 Å². The molecule has 0 spiro atoms. The zero-order chi connectivity index (χ0) is 17.2. The van der Waals surface area contributed by atoms with E-state index in [1.807, 2.05) is 0 Å². The van der Waals surface area contributed by atoms with Crippen molar-refractivity contribution in [3.05, 3.63) is 35.9 Å². The molecule has 0 aliphatic rings. The molecule has 0 saturated heterocycles. The maximum atomic E-state index is 12.7. The monoisotopic (exact) mass is 327 g/mol. The Bertz CT molecular complexity index is 681. The molecule has 23 heavy (non-hydrogen) atoms. The smallest absolute Gasteiger partial charge is 0.304 e. The summed E-state index contributed by atoms with van der Waals surface area (Å²) >= 11 is 0. The molecule has 0 aliphatic carbocycles. The zero-order valence-corrected chi connectivity index (χ0v) is 12.9. The molecule has 0 radical (unpaired) electrons. The third-order valence-electron chi connectivity index (χ3n) is 3.24. The van der Waals surface area contributed by atoms with Gasteiger partial charge in [-0.2, -0.15) is 28.5 Å². The van der Waals surface area contributed by atoms with Crippen molar-refractivity contribution in [3.8, 4) is 0 Å². The molecular weight excluding hydrogens is 311 g/mol. The first-order valence-electron chi connectivity index (χ1n) is 6.90. The van der Waals surface area contributed by atoms with E-state index in [9.17, 15) is 18.0 Å². The largest absolute Gasteiger partial charge is 0.408 e. The van der Waals surface area contributed by atoms with Gasteiger partial charge in [-0.25, -0.2) is 0 Å². The van der Waals surface area contributed by atoms with Crippen molar-refractivity contribution in [3.63, 3.8) is 0 Å². The molecule has 1 amide bonds. The summed E-state index contributed by atoms with van der Waals surface area (Å²) < 4.78 is 38.3. The second-order valence-corrected chi connectivity index (χ2v) is 5.29. The van der Waals surface area contributed by atoms with E-state index in [4.69, 9.17) is 0 Å². The van der Waals surface area contributed by atoms with Gasteiger partial charge >= 0.3 is 6.18 Å². The molecule has 0 atom stereocenters. The van der Waals surface area contributed by atoms with Gasteiger partial charge < -0.3 is 4.90 Å². The lowest BCUT2D eigenvalue weighted by Gasteiger charge is -2.26. The van der Waals surface area contributed by atoms with E-state index in [0.717, 1.165) is 10.9 Å². The summed E-state index contributed by atoms with van der Waals surface area (Å²) in [5, 5.41) is 11.1. The molecule has 6 nitrogen and oxygen atoms in total. The van der Waals surface area contributed by atoms with Gasteiger partial charge in [0, 0.05) is 11.7 Å². The Morgan fingerprint density at radius 3 is 2.52 bits per heavy atom. The molecule has 0 fully saturated rings. The highest BCUT2D eigenvalue weighted by Gasteiger charge is 2.31. The molecule has 0 unspecified atom stereocenters. The fraction of sp³-hybridized carbons (Fsp3) is 0.429. The third kappa shape index (κ3) is 3.85. The normalized spacial score (nSPS) is 11.8. The van der Waals surface area contributed by atoms with Crippen molar-refractivity contribution in [2.75, 3.05) is 4.90 Å². The van der Waals surface area contributed by atoms with Crippen LogP contribution in [0.3, 0.4) is 0 Å². The molecule has 2 aromatic rings. The number of nitrogens with zero attached hydrogens (tertiary/aromatic N) is 5. The SMILES string of the molecule is Cc1c(C(=O)N(c2ccnnc2)C(C)C)cnn1CC(F)(F)F. The van der Waals surface area contributed by atoms with Gasteiger partial charge in [-0.1, -0.05) is 0 Å². The van der Waals surface area contributed by atoms with Crippen LogP contribution in [-0.4, -0.2) is 38.1 Å². The van der Waals surface area contributed by atoms with Gasteiger partial charge in [-0.15, -0.1) is 0 Å². The van der Waals surface area contributed by atoms with Gasteiger partial charge in [0.2, 0.25) is 0 Å². The van der Waals surface area contributed by atoms with Gasteiger partial charge in [0.1, 0.15) is 6.54 Å². The Morgan fingerprint density at radius 1 is 1.30 bits per heavy atom. The zero-order valence-electron chi connectivity index (χ0n) is 12.9. The quantitative estimate of drug-likeness (QED) is 0.866. The van der Waals surface area contributed by atoms with E-state index in [2.05, 4.69) is 15.3 Å². The first kappa shape index (κ1) is 16.9. The first-order valence-corrected chi connectivity index (χ1v) is 6.90. The van der Waals surface area contributed by atoms with Crippen LogP contribution in [-0.2, 0) is 6.54 Å². The Labute approximate surface area is 130 Å². The number of alkyl halides is 3. The second kappa shape index (κ2) is 6.35. The molecular formula is C14H16F3N5O. The average molecular weight is 327 g/mol. The van der Waals surface area contributed by atoms with Crippen molar-refractivity contribution in [2.24, 2.45) is 0 Å². The Kier molecular flexibility index (Phi) is 4.67. The van der Waals surface area contributed by atoms with Gasteiger partial charge in [0.25, 0.3) is 5.91 Å². The van der Waals surface area contributed by atoms with E-state index < -0.39 is 18.6 Å². The number of halogens is 3. The number of carbonyl (C=O) groups is 1. The summed E-state index contributed by atoms with van der Waals surface area (Å²) in [7, 11) is 0. The Hall–Kier alpha value is -2.45. The average Bonchev–Trinajstić information content (AvgIpc) is 2.79. The van der Waals surface area contributed by atoms with Gasteiger partial charge in [-0.05, 0) is 26.8 Å². The molecule has 2 rings (SSSR count). The standard InChI is InChI=1S/C14H16F3N5O/c1-9(2)22(11-4-5-18-19-6-11)13(23)12-7-20-21(10(12)3)8-14(15,16)17/h4-7,9H,8H2,1-3H3. The van der Waals surface area contributed by atoms with Crippen LogP contribution in [0.2, 0.25) is 0 Å². The highest BCUT2D eigenvalue weighted by molar-refractivity contribution is 6.06.